The van der Waals surface area contributed by atoms with Crippen LogP contribution in [-0.4, -0.2) is 213 Å². The van der Waals surface area contributed by atoms with E-state index in [1.54, 1.807) is 27.7 Å². The van der Waals surface area contributed by atoms with E-state index in [0.717, 1.165) is 64.2 Å². The molecule has 0 amide bonds. The van der Waals surface area contributed by atoms with Gasteiger partial charge in [-0.05, 0) is 79.1 Å². The van der Waals surface area contributed by atoms with Gasteiger partial charge in [0.1, 0.15) is 12.2 Å². The molecule has 21 heteroatoms. The summed E-state index contributed by atoms with van der Waals surface area (Å²) in [6, 6.07) is 0. The summed E-state index contributed by atoms with van der Waals surface area (Å²) in [5, 5.41) is 78.9. The number of aliphatic carboxylic acids is 2. The number of epoxide rings is 2. The van der Waals surface area contributed by atoms with Gasteiger partial charge in [-0.15, -0.1) is 0 Å². The molecule has 4 aliphatic heterocycles. The molecule has 0 bridgehead atoms. The van der Waals surface area contributed by atoms with Crippen LogP contribution in [0.2, 0.25) is 0 Å². The van der Waals surface area contributed by atoms with Crippen molar-refractivity contribution >= 4 is 61.6 Å². The number of rotatable bonds is 32. The first-order valence-electron chi connectivity index (χ1n) is 25.9. The van der Waals surface area contributed by atoms with E-state index in [9.17, 15) is 49.8 Å². The molecule has 422 valence electrons. The molecule has 0 aromatic carbocycles. The van der Waals surface area contributed by atoms with Gasteiger partial charge in [-0.2, -0.15) is 0 Å². The number of unbranched alkanes of at least 4 members (excludes halogenated alkanes) is 10. The summed E-state index contributed by atoms with van der Waals surface area (Å²) >= 11 is 0. The van der Waals surface area contributed by atoms with Gasteiger partial charge >= 0.3 is 23.9 Å². The number of carboxylic acid groups (broad SMARTS) is 2. The molecule has 2 radical (unpaired) electrons. The van der Waals surface area contributed by atoms with Crippen LogP contribution in [0.1, 0.15) is 157 Å². The smallest absolute Gasteiger partial charge is 0.330 e. The minimum Gasteiger partial charge on any atom is -0.481 e. The minimum atomic E-state index is -1.06. The van der Waals surface area contributed by atoms with Gasteiger partial charge < -0.3 is 80.2 Å². The number of carbonyl (C=O) groups excluding carboxylic acids is 2. The Bertz CT molecular complexity index is 1510. The summed E-state index contributed by atoms with van der Waals surface area (Å²) in [7, 11) is 0. The first-order chi connectivity index (χ1) is 33.2. The molecule has 4 saturated heterocycles. The Labute approximate surface area is 462 Å². The van der Waals surface area contributed by atoms with Crippen molar-refractivity contribution in [2.45, 2.75) is 230 Å². The van der Waals surface area contributed by atoms with Crippen LogP contribution < -0.4 is 0 Å². The molecule has 0 aromatic rings. The number of carboxylic acids is 2. The van der Waals surface area contributed by atoms with E-state index >= 15 is 0 Å². The molecule has 0 aromatic heterocycles. The monoisotopic (exact) mass is 1080 g/mol. The van der Waals surface area contributed by atoms with Gasteiger partial charge in [0, 0.05) is 86.4 Å². The average Bonchev–Trinajstić information content (AvgIpc) is 4.23. The molecule has 20 nitrogen and oxygen atoms in total. The van der Waals surface area contributed by atoms with Crippen LogP contribution >= 0.6 is 0 Å². The van der Waals surface area contributed by atoms with E-state index in [1.165, 1.54) is 12.2 Å². The minimum absolute atomic E-state index is 0. The summed E-state index contributed by atoms with van der Waals surface area (Å²) in [6.45, 7) is 12.1. The van der Waals surface area contributed by atoms with Crippen LogP contribution in [0.5, 0.6) is 0 Å². The summed E-state index contributed by atoms with van der Waals surface area (Å²) in [5.74, 6) is -2.84. The van der Waals surface area contributed by atoms with E-state index in [2.05, 4.69) is 0 Å². The van der Waals surface area contributed by atoms with Crippen molar-refractivity contribution in [3.8, 4) is 0 Å². The summed E-state index contributed by atoms with van der Waals surface area (Å²) in [4.78, 5) is 45.0. The molecular weight excluding hydrogens is 985 g/mol. The van der Waals surface area contributed by atoms with Crippen molar-refractivity contribution < 1.29 is 99.4 Å². The van der Waals surface area contributed by atoms with Crippen LogP contribution in [0, 0.1) is 23.7 Å². The third-order valence-electron chi connectivity index (χ3n) is 14.2. The van der Waals surface area contributed by atoms with E-state index in [4.69, 9.17) is 38.6 Å². The zero-order valence-corrected chi connectivity index (χ0v) is 46.5. The van der Waals surface area contributed by atoms with Crippen molar-refractivity contribution in [1.29, 1.82) is 0 Å². The maximum atomic E-state index is 12.1. The van der Waals surface area contributed by atoms with Crippen molar-refractivity contribution in [3.05, 3.63) is 23.3 Å². The van der Waals surface area contributed by atoms with Crippen LogP contribution in [-0.2, 0) is 47.6 Å². The first-order valence-corrected chi connectivity index (χ1v) is 25.9. The number of aliphatic hydroxyl groups is 6. The second-order valence-electron chi connectivity index (χ2n) is 20.4. The third kappa shape index (κ3) is 27.8. The van der Waals surface area contributed by atoms with Gasteiger partial charge in [0.15, 0.2) is 0 Å². The SMILES string of the molecule is C/C(=C\C(=O)OCCCCCCCCC(=O)O)C[C@@H]1OC[C@H](C[C@@H]2O[C@H]2[C@@H](C)[C@H](C)O)[C@@H](O)[C@H]1O.C/C(=C\C(=O)OCCCCCCCCC(=O)O)C[C@@H]1OC[C@H](C[C@@H]2O[C@H]2[C@@H](C)[C@H](C)O)[C@@H](O)[C@H]1O.O.O.[Ca]. The van der Waals surface area contributed by atoms with E-state index in [1.807, 2.05) is 13.8 Å². The molecule has 0 saturated carbocycles. The molecule has 0 aliphatic carbocycles. The Morgan fingerprint density at radius 1 is 0.521 bits per heavy atom. The Hall–Kier alpha value is -1.86. The molecule has 4 aliphatic rings. The van der Waals surface area contributed by atoms with Crippen LogP contribution in [0.3, 0.4) is 0 Å². The molecule has 4 fully saturated rings. The van der Waals surface area contributed by atoms with Crippen molar-refractivity contribution in [2.24, 2.45) is 23.7 Å². The standard InChI is InChI=1S/2C26H44O9.Ca.2H2O/c2*1-16(13-23(30)33-11-9-7-5-4-6-8-10-22(28)29)12-20-25(32)24(31)19(15-34-20)14-21-26(35-21)17(2)18(3)27;;;/h2*13,17-21,24-27,31-32H,4-12,14-15H2,1-3H3,(H,28,29);;2*1H2/b2*16-13+;;;/t2*17-,18-,19-,20-,21-,24+,25-,26-;;;/m00.../s1. The Morgan fingerprint density at radius 3 is 1.15 bits per heavy atom. The Balaban J connectivity index is 0.00000136. The van der Waals surface area contributed by atoms with Crippen molar-refractivity contribution in [3.63, 3.8) is 0 Å². The molecule has 4 rings (SSSR count). The maximum Gasteiger partial charge on any atom is 0.330 e. The second kappa shape index (κ2) is 37.8. The van der Waals surface area contributed by atoms with Crippen LogP contribution in [0.25, 0.3) is 0 Å². The molecule has 73 heavy (non-hydrogen) atoms. The van der Waals surface area contributed by atoms with Gasteiger partial charge in [-0.3, -0.25) is 9.59 Å². The number of esters is 2. The van der Waals surface area contributed by atoms with Gasteiger partial charge in [0.25, 0.3) is 0 Å². The zero-order chi connectivity index (χ0) is 51.9. The largest absolute Gasteiger partial charge is 0.481 e. The van der Waals surface area contributed by atoms with Crippen molar-refractivity contribution in [1.82, 2.24) is 0 Å². The molecule has 0 spiro atoms. The van der Waals surface area contributed by atoms with Crippen LogP contribution in [0.4, 0.5) is 0 Å². The molecule has 12 N–H and O–H groups in total. The summed E-state index contributed by atoms with van der Waals surface area (Å²) < 4.78 is 33.4. The number of aliphatic hydroxyl groups excluding tert-OH is 6. The number of hydrogen-bond donors (Lipinski definition) is 8. The zero-order valence-electron chi connectivity index (χ0n) is 44.3. The topological polar surface area (TPSA) is 355 Å². The molecule has 16 atom stereocenters. The molecule has 0 unspecified atom stereocenters. The average molecular weight is 1080 g/mol. The van der Waals surface area contributed by atoms with Gasteiger partial charge in [-0.1, -0.05) is 76.4 Å². The quantitative estimate of drug-likeness (QED) is 0.0158. The molecule has 4 heterocycles. The third-order valence-corrected chi connectivity index (χ3v) is 14.2. The van der Waals surface area contributed by atoms with Crippen LogP contribution in [0.15, 0.2) is 23.3 Å². The fourth-order valence-corrected chi connectivity index (χ4v) is 9.18. The van der Waals surface area contributed by atoms with Crippen molar-refractivity contribution in [2.75, 3.05) is 26.4 Å². The summed E-state index contributed by atoms with van der Waals surface area (Å²) in [5.41, 5.74) is 1.42. The predicted octanol–water partition coefficient (Wildman–Crippen LogP) is 3.15. The fourth-order valence-electron chi connectivity index (χ4n) is 9.18. The normalized spacial score (nSPS) is 29.3. The number of carbonyl (C=O) groups is 4. The Kier molecular flexibility index (Phi) is 36.9. The van der Waals surface area contributed by atoms with E-state index in [-0.39, 0.29) is 110 Å². The Morgan fingerprint density at radius 2 is 0.836 bits per heavy atom. The van der Waals surface area contributed by atoms with Gasteiger partial charge in [-0.25, -0.2) is 9.59 Å². The molecular formula is C52H92CaO20. The number of hydrogen-bond acceptors (Lipinski definition) is 16. The van der Waals surface area contributed by atoms with E-state index in [0.29, 0.717) is 76.1 Å². The van der Waals surface area contributed by atoms with E-state index < -0.39 is 72.7 Å². The second-order valence-corrected chi connectivity index (χ2v) is 20.4. The van der Waals surface area contributed by atoms with Gasteiger partial charge in [0.05, 0.1) is 87.5 Å². The summed E-state index contributed by atoms with van der Waals surface area (Å²) in [6.07, 6.45) is 9.23. The maximum absolute atomic E-state index is 12.1. The fraction of sp³-hybridized carbons (Fsp3) is 0.846. The number of ether oxygens (including phenoxy) is 6. The predicted molar refractivity (Wildman–Crippen MR) is 270 cm³/mol. The van der Waals surface area contributed by atoms with Gasteiger partial charge in [0.2, 0.25) is 0 Å². The first kappa shape index (κ1) is 71.1.